The highest BCUT2D eigenvalue weighted by molar-refractivity contribution is 7.98. The Labute approximate surface area is 116 Å². The van der Waals surface area contributed by atoms with Gasteiger partial charge in [-0.2, -0.15) is 11.8 Å². The molecule has 0 fully saturated rings. The molecule has 3 nitrogen and oxygen atoms in total. The summed E-state index contributed by atoms with van der Waals surface area (Å²) in [6, 6.07) is 1.75. The van der Waals surface area contributed by atoms with Crippen molar-refractivity contribution in [2.45, 2.75) is 6.92 Å². The Morgan fingerprint density at radius 1 is 1.67 bits per heavy atom. The molecule has 1 atom stereocenters. The second kappa shape index (κ2) is 8.20. The fourth-order valence-electron chi connectivity index (χ4n) is 1.36. The van der Waals surface area contributed by atoms with E-state index in [1.54, 1.807) is 23.2 Å². The molecular formula is C13H17NO2S2. The maximum Gasteiger partial charge on any atom is 0.252 e. The first-order valence-electron chi connectivity index (χ1n) is 5.62. The van der Waals surface area contributed by atoms with Gasteiger partial charge >= 0.3 is 0 Å². The molecule has 1 amide bonds. The lowest BCUT2D eigenvalue weighted by atomic mass is 10.2. The van der Waals surface area contributed by atoms with Crippen LogP contribution in [0.15, 0.2) is 11.4 Å². The van der Waals surface area contributed by atoms with Crippen LogP contribution in [0.2, 0.25) is 0 Å². The number of thiophene rings is 1. The van der Waals surface area contributed by atoms with Crippen molar-refractivity contribution >= 4 is 29.0 Å². The molecule has 0 saturated heterocycles. The maximum absolute atomic E-state index is 11.8. The van der Waals surface area contributed by atoms with Crippen molar-refractivity contribution in [2.75, 3.05) is 25.2 Å². The van der Waals surface area contributed by atoms with Gasteiger partial charge in [-0.3, -0.25) is 4.79 Å². The molecule has 1 heterocycles. The zero-order chi connectivity index (χ0) is 13.4. The fraction of sp³-hybridized carbons (Fsp3) is 0.462. The van der Waals surface area contributed by atoms with E-state index in [9.17, 15) is 4.79 Å². The number of rotatable bonds is 5. The number of thioether (sulfide) groups is 1. The van der Waals surface area contributed by atoms with Gasteiger partial charge in [0.25, 0.3) is 5.91 Å². The van der Waals surface area contributed by atoms with Crippen molar-refractivity contribution in [1.82, 2.24) is 5.32 Å². The molecule has 5 heteroatoms. The molecule has 0 radical (unpaired) electrons. The predicted octanol–water partition coefficient (Wildman–Crippen LogP) is 1.82. The Hall–Kier alpha value is -0.960. The molecule has 0 bridgehead atoms. The van der Waals surface area contributed by atoms with Crippen LogP contribution in [-0.2, 0) is 0 Å². The molecule has 1 aromatic heterocycles. The fourth-order valence-corrected chi connectivity index (χ4v) is 2.80. The van der Waals surface area contributed by atoms with Gasteiger partial charge in [0.15, 0.2) is 0 Å². The van der Waals surface area contributed by atoms with E-state index in [1.807, 2.05) is 0 Å². The molecule has 0 spiro atoms. The highest BCUT2D eigenvalue weighted by Crippen LogP contribution is 2.13. The molecule has 0 aromatic carbocycles. The maximum atomic E-state index is 11.8. The van der Waals surface area contributed by atoms with Gasteiger partial charge in [0.2, 0.25) is 0 Å². The molecule has 1 rings (SSSR count). The predicted molar refractivity (Wildman–Crippen MR) is 78.2 cm³/mol. The Morgan fingerprint density at radius 2 is 2.44 bits per heavy atom. The summed E-state index contributed by atoms with van der Waals surface area (Å²) in [6.45, 7) is 2.64. The van der Waals surface area contributed by atoms with Gasteiger partial charge in [-0.05, 0) is 24.0 Å². The van der Waals surface area contributed by atoms with Gasteiger partial charge in [0.1, 0.15) is 6.61 Å². The molecule has 0 saturated carbocycles. The van der Waals surface area contributed by atoms with E-state index in [2.05, 4.69) is 30.3 Å². The average Bonchev–Trinajstić information content (AvgIpc) is 2.82. The topological polar surface area (TPSA) is 49.3 Å². The highest BCUT2D eigenvalue weighted by Gasteiger charge is 2.09. The summed E-state index contributed by atoms with van der Waals surface area (Å²) in [5.41, 5.74) is 0.638. The molecule has 0 aliphatic rings. The second-order valence-corrected chi connectivity index (χ2v) is 5.75. The number of hydrogen-bond acceptors (Lipinski definition) is 4. The van der Waals surface area contributed by atoms with Crippen LogP contribution < -0.4 is 5.32 Å². The number of aliphatic hydroxyl groups is 1. The van der Waals surface area contributed by atoms with Crippen LogP contribution in [0.4, 0.5) is 0 Å². The van der Waals surface area contributed by atoms with Crippen LogP contribution in [0.3, 0.4) is 0 Å². The third-order valence-electron chi connectivity index (χ3n) is 2.21. The standard InChI is InChI=1S/C13H17NO2S2/c1-10(8-17-2)7-14-13(16)11-6-12(18-9-11)4-3-5-15/h6,9-10,15H,5,7-8H2,1-2H3,(H,14,16). The first kappa shape index (κ1) is 15.1. The third kappa shape index (κ3) is 5.13. The first-order chi connectivity index (χ1) is 8.67. The van der Waals surface area contributed by atoms with Crippen molar-refractivity contribution in [1.29, 1.82) is 0 Å². The van der Waals surface area contributed by atoms with E-state index < -0.39 is 0 Å². The van der Waals surface area contributed by atoms with Crippen molar-refractivity contribution in [3.8, 4) is 11.8 Å². The summed E-state index contributed by atoms with van der Waals surface area (Å²) >= 11 is 3.19. The van der Waals surface area contributed by atoms with E-state index in [1.165, 1.54) is 11.3 Å². The Balaban J connectivity index is 2.49. The zero-order valence-corrected chi connectivity index (χ0v) is 12.2. The molecule has 0 aliphatic heterocycles. The first-order valence-corrected chi connectivity index (χ1v) is 7.90. The van der Waals surface area contributed by atoms with Crippen LogP contribution in [0.25, 0.3) is 0 Å². The van der Waals surface area contributed by atoms with E-state index in [-0.39, 0.29) is 12.5 Å². The summed E-state index contributed by atoms with van der Waals surface area (Å²) < 4.78 is 0. The second-order valence-electron chi connectivity index (χ2n) is 3.93. The molecule has 0 aliphatic carbocycles. The Kier molecular flexibility index (Phi) is 6.88. The minimum Gasteiger partial charge on any atom is -0.384 e. The number of aliphatic hydroxyl groups excluding tert-OH is 1. The van der Waals surface area contributed by atoms with Gasteiger partial charge in [0.05, 0.1) is 10.4 Å². The van der Waals surface area contributed by atoms with Gasteiger partial charge in [0, 0.05) is 11.9 Å². The lowest BCUT2D eigenvalue weighted by Crippen LogP contribution is -2.28. The Bertz CT molecular complexity index is 445. The summed E-state index contributed by atoms with van der Waals surface area (Å²) in [6.07, 6.45) is 2.06. The van der Waals surface area contributed by atoms with Gasteiger partial charge in [-0.1, -0.05) is 18.8 Å². The minimum absolute atomic E-state index is 0.0590. The van der Waals surface area contributed by atoms with Crippen LogP contribution in [-0.4, -0.2) is 36.2 Å². The molecule has 18 heavy (non-hydrogen) atoms. The highest BCUT2D eigenvalue weighted by atomic mass is 32.2. The number of hydrogen-bond donors (Lipinski definition) is 2. The number of carbonyl (C=O) groups is 1. The van der Waals surface area contributed by atoms with Gasteiger partial charge in [-0.15, -0.1) is 11.3 Å². The van der Waals surface area contributed by atoms with Crippen molar-refractivity contribution < 1.29 is 9.90 Å². The molecule has 2 N–H and O–H groups in total. The molecule has 1 aromatic rings. The summed E-state index contributed by atoms with van der Waals surface area (Å²) in [4.78, 5) is 12.6. The zero-order valence-electron chi connectivity index (χ0n) is 10.5. The lowest BCUT2D eigenvalue weighted by molar-refractivity contribution is 0.0949. The quantitative estimate of drug-likeness (QED) is 0.811. The molecule has 1 unspecified atom stereocenters. The van der Waals surface area contributed by atoms with Crippen LogP contribution in [0.5, 0.6) is 0 Å². The Morgan fingerprint density at radius 3 is 3.11 bits per heavy atom. The summed E-state index contributed by atoms with van der Waals surface area (Å²) in [7, 11) is 0. The smallest absolute Gasteiger partial charge is 0.252 e. The van der Waals surface area contributed by atoms with E-state index in [4.69, 9.17) is 5.11 Å². The monoisotopic (exact) mass is 283 g/mol. The largest absolute Gasteiger partial charge is 0.384 e. The van der Waals surface area contributed by atoms with Crippen LogP contribution >= 0.6 is 23.1 Å². The van der Waals surface area contributed by atoms with Crippen molar-refractivity contribution in [3.05, 3.63) is 21.9 Å². The van der Waals surface area contributed by atoms with Gasteiger partial charge < -0.3 is 10.4 Å². The van der Waals surface area contributed by atoms with E-state index in [0.717, 1.165) is 10.6 Å². The SMILES string of the molecule is CSCC(C)CNC(=O)c1csc(C#CCO)c1. The number of carbonyl (C=O) groups excluding carboxylic acids is 1. The molecule has 98 valence electrons. The summed E-state index contributed by atoms with van der Waals surface area (Å²) in [5, 5.41) is 13.3. The van der Waals surface area contributed by atoms with Crippen LogP contribution in [0.1, 0.15) is 22.2 Å². The van der Waals surface area contributed by atoms with Crippen LogP contribution in [0, 0.1) is 17.8 Å². The van der Waals surface area contributed by atoms with Crippen molar-refractivity contribution in [3.63, 3.8) is 0 Å². The lowest BCUT2D eigenvalue weighted by Gasteiger charge is -2.10. The van der Waals surface area contributed by atoms with E-state index >= 15 is 0 Å². The van der Waals surface area contributed by atoms with E-state index in [0.29, 0.717) is 18.0 Å². The van der Waals surface area contributed by atoms with Gasteiger partial charge in [-0.25, -0.2) is 0 Å². The number of amides is 1. The summed E-state index contributed by atoms with van der Waals surface area (Å²) in [5.74, 6) is 6.80. The number of nitrogens with one attached hydrogen (secondary N) is 1. The minimum atomic E-state index is -0.161. The average molecular weight is 283 g/mol. The molecular weight excluding hydrogens is 266 g/mol. The normalized spacial score (nSPS) is 11.5. The third-order valence-corrected chi connectivity index (χ3v) is 3.96. The van der Waals surface area contributed by atoms with Crippen molar-refractivity contribution in [2.24, 2.45) is 5.92 Å².